The lowest BCUT2D eigenvalue weighted by molar-refractivity contribution is -0.113. The van der Waals surface area contributed by atoms with Crippen LogP contribution in [0, 0.1) is 0 Å². The number of carbonyl (C=O) groups excluding carboxylic acids is 1. The number of anilines is 2. The van der Waals surface area contributed by atoms with Crippen LogP contribution < -0.4 is 15.0 Å². The van der Waals surface area contributed by atoms with E-state index in [1.807, 2.05) is 6.07 Å². The maximum absolute atomic E-state index is 12.3. The molecule has 0 radical (unpaired) electrons. The molecule has 8 heteroatoms. The van der Waals surface area contributed by atoms with Crippen molar-refractivity contribution in [3.63, 3.8) is 0 Å². The van der Waals surface area contributed by atoms with Gasteiger partial charge in [-0.1, -0.05) is 36.2 Å². The zero-order valence-electron chi connectivity index (χ0n) is 15.3. The first kappa shape index (κ1) is 19.8. The molecule has 1 aromatic carbocycles. The molecule has 6 nitrogen and oxygen atoms in total. The van der Waals surface area contributed by atoms with Gasteiger partial charge >= 0.3 is 0 Å². The van der Waals surface area contributed by atoms with E-state index >= 15 is 0 Å². The lowest BCUT2D eigenvalue weighted by atomic mass is 10.2. The van der Waals surface area contributed by atoms with Crippen molar-refractivity contribution in [1.82, 2.24) is 9.97 Å². The molecule has 1 saturated heterocycles. The first-order chi connectivity index (χ1) is 13.2. The number of halogens is 1. The van der Waals surface area contributed by atoms with E-state index in [0.29, 0.717) is 21.6 Å². The summed E-state index contributed by atoms with van der Waals surface area (Å²) in [7, 11) is 1.55. The molecule has 1 aromatic heterocycles. The van der Waals surface area contributed by atoms with Crippen molar-refractivity contribution >= 4 is 40.8 Å². The number of methoxy groups -OCH3 is 1. The first-order valence-corrected chi connectivity index (χ1v) is 10.4. The summed E-state index contributed by atoms with van der Waals surface area (Å²) in [5, 5.41) is 3.96. The highest BCUT2D eigenvalue weighted by Crippen LogP contribution is 2.28. The van der Waals surface area contributed by atoms with Gasteiger partial charge in [-0.3, -0.25) is 4.79 Å². The largest absolute Gasteiger partial charge is 0.495 e. The minimum atomic E-state index is -0.163. The molecule has 0 spiro atoms. The minimum absolute atomic E-state index is 0.163. The number of carbonyl (C=O) groups is 1. The Labute approximate surface area is 168 Å². The third kappa shape index (κ3) is 5.74. The van der Waals surface area contributed by atoms with E-state index < -0.39 is 0 Å². The summed E-state index contributed by atoms with van der Waals surface area (Å²) in [6.45, 7) is 2.05. The Morgan fingerprint density at radius 3 is 2.78 bits per heavy atom. The van der Waals surface area contributed by atoms with Gasteiger partial charge in [0.25, 0.3) is 0 Å². The van der Waals surface area contributed by atoms with Gasteiger partial charge in [0.1, 0.15) is 11.6 Å². The number of amides is 1. The van der Waals surface area contributed by atoms with Crippen LogP contribution in [0.5, 0.6) is 5.75 Å². The highest BCUT2D eigenvalue weighted by atomic mass is 35.5. The number of rotatable bonds is 6. The molecule has 1 aliphatic rings. The molecule has 0 aliphatic carbocycles. The van der Waals surface area contributed by atoms with Gasteiger partial charge in [-0.25, -0.2) is 9.97 Å². The molecule has 0 unspecified atom stereocenters. The maximum atomic E-state index is 12.3. The first-order valence-electron chi connectivity index (χ1n) is 9.00. The van der Waals surface area contributed by atoms with E-state index in [9.17, 15) is 4.79 Å². The molecule has 1 N–H and O–H groups in total. The van der Waals surface area contributed by atoms with Gasteiger partial charge in [-0.05, 0) is 37.1 Å². The zero-order valence-corrected chi connectivity index (χ0v) is 16.9. The molecule has 2 aromatic rings. The number of nitrogens with one attached hydrogen (secondary N) is 1. The van der Waals surface area contributed by atoms with Crippen molar-refractivity contribution in [2.75, 3.05) is 36.2 Å². The highest BCUT2D eigenvalue weighted by molar-refractivity contribution is 7.99. The fourth-order valence-corrected chi connectivity index (χ4v) is 3.77. The molecule has 0 bridgehead atoms. The van der Waals surface area contributed by atoms with Crippen molar-refractivity contribution in [2.45, 2.75) is 30.8 Å². The quantitative estimate of drug-likeness (QED) is 0.571. The SMILES string of the molecule is COc1ccc(Cl)cc1NC(=O)CSc1nccc(N2CCCCCC2)n1. The smallest absolute Gasteiger partial charge is 0.234 e. The summed E-state index contributed by atoms with van der Waals surface area (Å²) in [6.07, 6.45) is 6.69. The topological polar surface area (TPSA) is 67.3 Å². The summed E-state index contributed by atoms with van der Waals surface area (Å²) in [4.78, 5) is 23.5. The molecule has 1 aliphatic heterocycles. The van der Waals surface area contributed by atoms with Gasteiger partial charge in [-0.15, -0.1) is 0 Å². The molecule has 144 valence electrons. The van der Waals surface area contributed by atoms with Crippen molar-refractivity contribution in [2.24, 2.45) is 0 Å². The molecule has 0 saturated carbocycles. The molecule has 2 heterocycles. The second kappa shape index (κ2) is 9.80. The van der Waals surface area contributed by atoms with Crippen LogP contribution in [0.15, 0.2) is 35.6 Å². The number of hydrogen-bond acceptors (Lipinski definition) is 6. The van der Waals surface area contributed by atoms with Gasteiger partial charge < -0.3 is 15.0 Å². The standard InChI is InChI=1S/C19H23ClN4O2S/c1-26-16-7-6-14(20)12-15(16)22-18(25)13-27-19-21-9-8-17(23-19)24-10-4-2-3-5-11-24/h6-9,12H,2-5,10-11,13H2,1H3,(H,22,25). The van der Waals surface area contributed by atoms with Crippen molar-refractivity contribution < 1.29 is 9.53 Å². The van der Waals surface area contributed by atoms with Crippen LogP contribution >= 0.6 is 23.4 Å². The van der Waals surface area contributed by atoms with Crippen LogP contribution in [0.2, 0.25) is 5.02 Å². The van der Waals surface area contributed by atoms with E-state index in [-0.39, 0.29) is 11.7 Å². The van der Waals surface area contributed by atoms with Crippen molar-refractivity contribution in [3.8, 4) is 5.75 Å². The second-order valence-electron chi connectivity index (χ2n) is 6.28. The Morgan fingerprint density at radius 1 is 1.26 bits per heavy atom. The third-order valence-electron chi connectivity index (χ3n) is 4.32. The summed E-state index contributed by atoms with van der Waals surface area (Å²) in [5.41, 5.74) is 0.551. The second-order valence-corrected chi connectivity index (χ2v) is 7.66. The zero-order chi connectivity index (χ0) is 19.1. The number of hydrogen-bond donors (Lipinski definition) is 1. The summed E-state index contributed by atoms with van der Waals surface area (Å²) < 4.78 is 5.25. The predicted octanol–water partition coefficient (Wildman–Crippen LogP) is 4.25. The Morgan fingerprint density at radius 2 is 2.04 bits per heavy atom. The Hall–Kier alpha value is -1.99. The van der Waals surface area contributed by atoms with E-state index in [1.165, 1.54) is 37.4 Å². The fourth-order valence-electron chi connectivity index (χ4n) is 2.97. The van der Waals surface area contributed by atoms with Crippen molar-refractivity contribution in [3.05, 3.63) is 35.5 Å². The average molecular weight is 407 g/mol. The normalized spacial score (nSPS) is 14.5. The van der Waals surface area contributed by atoms with Crippen LogP contribution in [0.4, 0.5) is 11.5 Å². The number of ether oxygens (including phenoxy) is 1. The number of nitrogens with zero attached hydrogens (tertiary/aromatic N) is 3. The van der Waals surface area contributed by atoms with Gasteiger partial charge in [0, 0.05) is 24.3 Å². The van der Waals surface area contributed by atoms with Gasteiger partial charge in [0.2, 0.25) is 5.91 Å². The number of benzene rings is 1. The third-order valence-corrected chi connectivity index (χ3v) is 5.41. The van der Waals surface area contributed by atoms with E-state index in [1.54, 1.807) is 31.5 Å². The van der Waals surface area contributed by atoms with Crippen LogP contribution in [-0.2, 0) is 4.79 Å². The summed E-state index contributed by atoms with van der Waals surface area (Å²) in [6, 6.07) is 7.04. The predicted molar refractivity (Wildman–Crippen MR) is 110 cm³/mol. The fraction of sp³-hybridized carbons (Fsp3) is 0.421. The Balaban J connectivity index is 1.59. The summed E-state index contributed by atoms with van der Waals surface area (Å²) >= 11 is 7.31. The molecular weight excluding hydrogens is 384 g/mol. The average Bonchev–Trinajstić information content (AvgIpc) is 2.96. The monoisotopic (exact) mass is 406 g/mol. The van der Waals surface area contributed by atoms with Crippen LogP contribution in [0.3, 0.4) is 0 Å². The highest BCUT2D eigenvalue weighted by Gasteiger charge is 2.13. The lowest BCUT2D eigenvalue weighted by Gasteiger charge is -2.21. The van der Waals surface area contributed by atoms with Gasteiger partial charge in [0.15, 0.2) is 5.16 Å². The van der Waals surface area contributed by atoms with Crippen LogP contribution in [-0.4, -0.2) is 41.8 Å². The molecule has 3 rings (SSSR count). The van der Waals surface area contributed by atoms with E-state index in [4.69, 9.17) is 16.3 Å². The summed E-state index contributed by atoms with van der Waals surface area (Å²) in [5.74, 6) is 1.55. The Kier molecular flexibility index (Phi) is 7.18. The van der Waals surface area contributed by atoms with E-state index in [0.717, 1.165) is 18.9 Å². The molecular formula is C19H23ClN4O2S. The molecule has 0 atom stereocenters. The van der Waals surface area contributed by atoms with E-state index in [2.05, 4.69) is 20.2 Å². The van der Waals surface area contributed by atoms with Crippen molar-refractivity contribution in [1.29, 1.82) is 0 Å². The number of aromatic nitrogens is 2. The minimum Gasteiger partial charge on any atom is -0.495 e. The number of thioether (sulfide) groups is 1. The van der Waals surface area contributed by atoms with Crippen LogP contribution in [0.1, 0.15) is 25.7 Å². The van der Waals surface area contributed by atoms with Gasteiger partial charge in [0.05, 0.1) is 18.6 Å². The molecule has 27 heavy (non-hydrogen) atoms. The van der Waals surface area contributed by atoms with Gasteiger partial charge in [-0.2, -0.15) is 0 Å². The maximum Gasteiger partial charge on any atom is 0.234 e. The molecule has 1 fully saturated rings. The van der Waals surface area contributed by atoms with Crippen LogP contribution in [0.25, 0.3) is 0 Å². The molecule has 1 amide bonds. The lowest BCUT2D eigenvalue weighted by Crippen LogP contribution is -2.25. The Bertz CT molecular complexity index is 782.